The minimum atomic E-state index is -4.21. The van der Waals surface area contributed by atoms with Crippen LogP contribution < -0.4 is 0 Å². The number of hydrogen-bond acceptors (Lipinski definition) is 4. The molecule has 0 aliphatic carbocycles. The molecule has 110 valence electrons. The predicted octanol–water partition coefficient (Wildman–Crippen LogP) is 2.29. The number of rotatable bonds is 5. The van der Waals surface area contributed by atoms with Crippen LogP contribution >= 0.6 is 0 Å². The Morgan fingerprint density at radius 2 is 1.80 bits per heavy atom. The van der Waals surface area contributed by atoms with Gasteiger partial charge in [-0.1, -0.05) is 26.0 Å². The number of hydrogen-bond donors (Lipinski definition) is 2. The number of esters is 1. The van der Waals surface area contributed by atoms with Crippen LogP contribution in [-0.4, -0.2) is 34.2 Å². The SMILES string of the molecule is CC(C)C(OC(=O)c1ccccc1O)C(F)(F)C(=O)O. The summed E-state index contributed by atoms with van der Waals surface area (Å²) in [6, 6.07) is 5.23. The molecule has 2 N–H and O–H groups in total. The van der Waals surface area contributed by atoms with Crippen molar-refractivity contribution in [1.82, 2.24) is 0 Å². The third-order valence-electron chi connectivity index (χ3n) is 2.61. The predicted molar refractivity (Wildman–Crippen MR) is 64.7 cm³/mol. The Bertz CT molecular complexity index is 513. The van der Waals surface area contributed by atoms with Gasteiger partial charge in [0.25, 0.3) is 0 Å². The van der Waals surface area contributed by atoms with E-state index in [2.05, 4.69) is 4.74 Å². The van der Waals surface area contributed by atoms with E-state index in [9.17, 15) is 23.5 Å². The van der Waals surface area contributed by atoms with Crippen molar-refractivity contribution in [2.24, 2.45) is 5.92 Å². The molecule has 1 unspecified atom stereocenters. The lowest BCUT2D eigenvalue weighted by Crippen LogP contribution is -2.47. The molecule has 7 heteroatoms. The van der Waals surface area contributed by atoms with Crippen LogP contribution in [-0.2, 0) is 9.53 Å². The molecule has 1 aromatic rings. The zero-order valence-electron chi connectivity index (χ0n) is 10.8. The highest BCUT2D eigenvalue weighted by Gasteiger charge is 2.51. The topological polar surface area (TPSA) is 83.8 Å². The fourth-order valence-corrected chi connectivity index (χ4v) is 1.58. The number of carboxylic acid groups (broad SMARTS) is 1. The number of phenols is 1. The Kier molecular flexibility index (Phi) is 4.65. The smallest absolute Gasteiger partial charge is 0.378 e. The summed E-state index contributed by atoms with van der Waals surface area (Å²) in [5.74, 6) is -9.15. The van der Waals surface area contributed by atoms with E-state index in [1.54, 1.807) is 0 Å². The number of para-hydroxylation sites is 1. The highest BCUT2D eigenvalue weighted by molar-refractivity contribution is 5.92. The monoisotopic (exact) mass is 288 g/mol. The first-order chi connectivity index (χ1) is 9.17. The van der Waals surface area contributed by atoms with Gasteiger partial charge in [0.05, 0.1) is 0 Å². The van der Waals surface area contributed by atoms with Gasteiger partial charge in [-0.05, 0) is 18.1 Å². The molecule has 0 saturated carbocycles. The number of phenolic OH excluding ortho intramolecular Hbond substituents is 1. The maximum Gasteiger partial charge on any atom is 0.378 e. The van der Waals surface area contributed by atoms with Crippen molar-refractivity contribution >= 4 is 11.9 Å². The van der Waals surface area contributed by atoms with Crippen LogP contribution in [0.2, 0.25) is 0 Å². The van der Waals surface area contributed by atoms with Gasteiger partial charge in [-0.2, -0.15) is 8.78 Å². The summed E-state index contributed by atoms with van der Waals surface area (Å²) in [4.78, 5) is 22.3. The number of carbonyl (C=O) groups excluding carboxylic acids is 1. The largest absolute Gasteiger partial charge is 0.507 e. The van der Waals surface area contributed by atoms with Crippen molar-refractivity contribution < 1.29 is 33.3 Å². The second-order valence-electron chi connectivity index (χ2n) is 4.52. The molecule has 20 heavy (non-hydrogen) atoms. The number of carbonyl (C=O) groups is 2. The summed E-state index contributed by atoms with van der Waals surface area (Å²) in [5.41, 5.74) is -0.306. The average molecular weight is 288 g/mol. The lowest BCUT2D eigenvalue weighted by atomic mass is 10.0. The minimum absolute atomic E-state index is 0.306. The van der Waals surface area contributed by atoms with Crippen LogP contribution in [0.15, 0.2) is 24.3 Å². The van der Waals surface area contributed by atoms with Gasteiger partial charge in [-0.15, -0.1) is 0 Å². The summed E-state index contributed by atoms with van der Waals surface area (Å²) in [7, 11) is 0. The second kappa shape index (κ2) is 5.85. The van der Waals surface area contributed by atoms with Crippen LogP contribution in [0, 0.1) is 5.92 Å². The minimum Gasteiger partial charge on any atom is -0.507 e. The van der Waals surface area contributed by atoms with E-state index in [-0.39, 0.29) is 5.56 Å². The zero-order valence-corrected chi connectivity index (χ0v) is 10.8. The van der Waals surface area contributed by atoms with E-state index in [1.807, 2.05) is 0 Å². The van der Waals surface area contributed by atoms with E-state index in [0.29, 0.717) is 0 Å². The molecule has 0 heterocycles. The molecule has 0 aliphatic heterocycles. The van der Waals surface area contributed by atoms with E-state index in [4.69, 9.17) is 5.11 Å². The van der Waals surface area contributed by atoms with E-state index in [1.165, 1.54) is 38.1 Å². The quantitative estimate of drug-likeness (QED) is 0.812. The highest BCUT2D eigenvalue weighted by atomic mass is 19.3. The Morgan fingerprint density at radius 1 is 1.25 bits per heavy atom. The van der Waals surface area contributed by atoms with Gasteiger partial charge in [-0.3, -0.25) is 0 Å². The van der Waals surface area contributed by atoms with E-state index in [0.717, 1.165) is 0 Å². The molecule has 0 aromatic heterocycles. The number of aromatic hydroxyl groups is 1. The first-order valence-electron chi connectivity index (χ1n) is 5.78. The van der Waals surface area contributed by atoms with Crippen molar-refractivity contribution in [3.05, 3.63) is 29.8 Å². The summed E-state index contributed by atoms with van der Waals surface area (Å²) in [6.45, 7) is 2.61. The van der Waals surface area contributed by atoms with Crippen molar-refractivity contribution in [3.63, 3.8) is 0 Å². The van der Waals surface area contributed by atoms with Crippen LogP contribution in [0.1, 0.15) is 24.2 Å². The van der Waals surface area contributed by atoms with Crippen molar-refractivity contribution in [2.45, 2.75) is 25.9 Å². The molecule has 0 saturated heterocycles. The molecule has 0 fully saturated rings. The molecule has 1 rings (SSSR count). The summed E-state index contributed by atoms with van der Waals surface area (Å²) in [6.07, 6.45) is -2.13. The average Bonchev–Trinajstić information content (AvgIpc) is 2.35. The van der Waals surface area contributed by atoms with Crippen LogP contribution in [0.5, 0.6) is 5.75 Å². The Morgan fingerprint density at radius 3 is 2.25 bits per heavy atom. The molecule has 5 nitrogen and oxygen atoms in total. The molecule has 0 aliphatic rings. The molecule has 1 atom stereocenters. The molecule has 0 spiro atoms. The van der Waals surface area contributed by atoms with Gasteiger partial charge in [0.2, 0.25) is 0 Å². The number of ether oxygens (including phenoxy) is 1. The second-order valence-corrected chi connectivity index (χ2v) is 4.52. The summed E-state index contributed by atoms with van der Waals surface area (Å²) in [5, 5.41) is 17.9. The third kappa shape index (κ3) is 3.23. The van der Waals surface area contributed by atoms with Gasteiger partial charge in [0, 0.05) is 0 Å². The lowest BCUT2D eigenvalue weighted by Gasteiger charge is -2.26. The maximum absolute atomic E-state index is 13.5. The van der Waals surface area contributed by atoms with Crippen molar-refractivity contribution in [1.29, 1.82) is 0 Å². The lowest BCUT2D eigenvalue weighted by molar-refractivity contribution is -0.187. The fraction of sp³-hybridized carbons (Fsp3) is 0.385. The number of benzene rings is 1. The van der Waals surface area contributed by atoms with Gasteiger partial charge in [0.15, 0.2) is 6.10 Å². The highest BCUT2D eigenvalue weighted by Crippen LogP contribution is 2.29. The molecule has 0 bridgehead atoms. The van der Waals surface area contributed by atoms with Crippen LogP contribution in [0.3, 0.4) is 0 Å². The first kappa shape index (κ1) is 15.9. The molecular weight excluding hydrogens is 274 g/mol. The van der Waals surface area contributed by atoms with Crippen LogP contribution in [0.25, 0.3) is 0 Å². The van der Waals surface area contributed by atoms with Gasteiger partial charge >= 0.3 is 17.9 Å². The normalized spacial score (nSPS) is 13.1. The molecule has 0 radical (unpaired) electrons. The van der Waals surface area contributed by atoms with E-state index >= 15 is 0 Å². The van der Waals surface area contributed by atoms with E-state index < -0.39 is 35.6 Å². The first-order valence-corrected chi connectivity index (χ1v) is 5.78. The van der Waals surface area contributed by atoms with Gasteiger partial charge < -0.3 is 14.9 Å². The molecule has 0 amide bonds. The van der Waals surface area contributed by atoms with Crippen molar-refractivity contribution in [3.8, 4) is 5.75 Å². The Hall–Kier alpha value is -2.18. The third-order valence-corrected chi connectivity index (χ3v) is 2.61. The number of carboxylic acids is 1. The number of halogens is 2. The van der Waals surface area contributed by atoms with Crippen LogP contribution in [0.4, 0.5) is 8.78 Å². The number of alkyl halides is 2. The summed E-state index contributed by atoms with van der Waals surface area (Å²) < 4.78 is 31.6. The number of aliphatic carboxylic acids is 1. The molecule has 1 aromatic carbocycles. The maximum atomic E-state index is 13.5. The molecular formula is C13H14F2O5. The Balaban J connectivity index is 3.01. The summed E-state index contributed by atoms with van der Waals surface area (Å²) >= 11 is 0. The zero-order chi connectivity index (χ0) is 15.5. The standard InChI is InChI=1S/C13H14F2O5/c1-7(2)10(13(14,15)12(18)19)20-11(17)8-5-3-4-6-9(8)16/h3-7,10,16H,1-2H3,(H,18,19). The Labute approximate surface area is 113 Å². The fourth-order valence-electron chi connectivity index (χ4n) is 1.58. The van der Waals surface area contributed by atoms with Crippen molar-refractivity contribution in [2.75, 3.05) is 0 Å². The van der Waals surface area contributed by atoms with Gasteiger partial charge in [-0.25, -0.2) is 9.59 Å². The van der Waals surface area contributed by atoms with Gasteiger partial charge in [0.1, 0.15) is 11.3 Å².